The van der Waals surface area contributed by atoms with Crippen LogP contribution in [0.5, 0.6) is 0 Å². The number of hydrogen-bond donors (Lipinski definition) is 2. The topological polar surface area (TPSA) is 98.2 Å². The molecule has 6 nitrogen and oxygen atoms in total. The van der Waals surface area contributed by atoms with Gasteiger partial charge in [-0.05, 0) is 36.2 Å². The molecular weight excluding hydrogens is 357 g/mol. The lowest BCUT2D eigenvalue weighted by molar-refractivity contribution is 0.277. The van der Waals surface area contributed by atoms with E-state index < -0.39 is 10.0 Å². The molecule has 136 valence electrons. The second-order valence-corrected chi connectivity index (χ2v) is 7.37. The normalized spacial score (nSPS) is 11.7. The van der Waals surface area contributed by atoms with Gasteiger partial charge in [-0.3, -0.25) is 4.68 Å². The van der Waals surface area contributed by atoms with Crippen LogP contribution in [0.15, 0.2) is 59.6 Å². The van der Waals surface area contributed by atoms with Crippen molar-refractivity contribution in [2.24, 2.45) is 5.14 Å². The van der Waals surface area contributed by atoms with Gasteiger partial charge in [-0.1, -0.05) is 24.3 Å². The van der Waals surface area contributed by atoms with E-state index in [1.54, 1.807) is 28.9 Å². The van der Waals surface area contributed by atoms with Gasteiger partial charge in [0.2, 0.25) is 10.0 Å². The summed E-state index contributed by atoms with van der Waals surface area (Å²) >= 11 is 0. The van der Waals surface area contributed by atoms with Gasteiger partial charge in [0.25, 0.3) is 0 Å². The number of nitrogens with two attached hydrogens (primary N) is 1. The molecule has 0 radical (unpaired) electrons. The lowest BCUT2D eigenvalue weighted by atomic mass is 10.0. The molecule has 0 amide bonds. The highest BCUT2D eigenvalue weighted by molar-refractivity contribution is 7.89. The number of primary sulfonamides is 1. The summed E-state index contributed by atoms with van der Waals surface area (Å²) in [6.45, 7) is 0.574. The predicted octanol–water partition coefficient (Wildman–Crippen LogP) is 2.39. The van der Waals surface area contributed by atoms with E-state index in [-0.39, 0.29) is 17.3 Å². The fourth-order valence-electron chi connectivity index (χ4n) is 2.63. The number of sulfonamides is 1. The Labute approximate surface area is 150 Å². The number of aliphatic hydroxyl groups is 1. The van der Waals surface area contributed by atoms with Crippen LogP contribution in [-0.4, -0.2) is 29.9 Å². The van der Waals surface area contributed by atoms with Gasteiger partial charge in [0.15, 0.2) is 0 Å². The van der Waals surface area contributed by atoms with Gasteiger partial charge in [0.1, 0.15) is 11.5 Å². The predicted molar refractivity (Wildman–Crippen MR) is 96.1 cm³/mol. The van der Waals surface area contributed by atoms with Crippen molar-refractivity contribution in [1.82, 2.24) is 9.78 Å². The molecule has 0 aliphatic carbocycles. The van der Waals surface area contributed by atoms with Gasteiger partial charge < -0.3 is 5.11 Å². The zero-order chi connectivity index (χ0) is 18.7. The van der Waals surface area contributed by atoms with E-state index in [9.17, 15) is 12.8 Å². The maximum absolute atomic E-state index is 13.2. The minimum absolute atomic E-state index is 0.0179. The van der Waals surface area contributed by atoms with Crippen LogP contribution < -0.4 is 5.14 Å². The highest BCUT2D eigenvalue weighted by Gasteiger charge is 2.15. The molecule has 3 N–H and O–H groups in total. The first-order valence-corrected chi connectivity index (χ1v) is 9.50. The van der Waals surface area contributed by atoms with Crippen LogP contribution in [-0.2, 0) is 16.6 Å². The second kappa shape index (κ2) is 7.36. The van der Waals surface area contributed by atoms with Crippen LogP contribution in [0.25, 0.3) is 22.4 Å². The van der Waals surface area contributed by atoms with Crippen molar-refractivity contribution in [2.45, 2.75) is 17.9 Å². The Morgan fingerprint density at radius 1 is 1.04 bits per heavy atom. The number of hydrogen-bond acceptors (Lipinski definition) is 4. The summed E-state index contributed by atoms with van der Waals surface area (Å²) in [6.07, 6.45) is 2.38. The molecule has 0 saturated heterocycles. The third-order valence-electron chi connectivity index (χ3n) is 3.92. The third-order valence-corrected chi connectivity index (χ3v) is 4.85. The SMILES string of the molecule is NS(=O)(=O)c1ccc(-c2nn(CCCO)cc2-c2ccc(F)cc2)cc1. The van der Waals surface area contributed by atoms with E-state index in [1.807, 2.05) is 6.20 Å². The van der Waals surface area contributed by atoms with Gasteiger partial charge in [-0.15, -0.1) is 0 Å². The van der Waals surface area contributed by atoms with Crippen molar-refractivity contribution in [3.63, 3.8) is 0 Å². The van der Waals surface area contributed by atoms with Crippen LogP contribution in [0.2, 0.25) is 0 Å². The maximum Gasteiger partial charge on any atom is 0.238 e. The first-order valence-electron chi connectivity index (χ1n) is 7.96. The van der Waals surface area contributed by atoms with Gasteiger partial charge >= 0.3 is 0 Å². The van der Waals surface area contributed by atoms with E-state index in [0.717, 1.165) is 11.1 Å². The maximum atomic E-state index is 13.2. The van der Waals surface area contributed by atoms with Crippen molar-refractivity contribution < 1.29 is 17.9 Å². The Bertz CT molecular complexity index is 997. The average Bonchev–Trinajstić information content (AvgIpc) is 3.04. The zero-order valence-electron chi connectivity index (χ0n) is 13.8. The molecule has 0 unspecified atom stereocenters. The van der Waals surface area contributed by atoms with Crippen molar-refractivity contribution in [3.8, 4) is 22.4 Å². The quantitative estimate of drug-likeness (QED) is 0.691. The van der Waals surface area contributed by atoms with Crippen molar-refractivity contribution in [1.29, 1.82) is 0 Å². The van der Waals surface area contributed by atoms with Crippen molar-refractivity contribution in [3.05, 3.63) is 60.5 Å². The minimum atomic E-state index is -3.77. The monoisotopic (exact) mass is 375 g/mol. The number of nitrogens with zero attached hydrogens (tertiary/aromatic N) is 2. The molecule has 1 heterocycles. The smallest absolute Gasteiger partial charge is 0.238 e. The average molecular weight is 375 g/mol. The molecule has 0 bridgehead atoms. The highest BCUT2D eigenvalue weighted by Crippen LogP contribution is 2.31. The van der Waals surface area contributed by atoms with Gasteiger partial charge in [-0.2, -0.15) is 5.10 Å². The number of aromatic nitrogens is 2. The van der Waals surface area contributed by atoms with E-state index >= 15 is 0 Å². The molecule has 0 aliphatic rings. The molecule has 1 aromatic heterocycles. The number of halogens is 1. The number of aliphatic hydroxyl groups excluding tert-OH is 1. The Kier molecular flexibility index (Phi) is 5.17. The Balaban J connectivity index is 2.06. The lowest BCUT2D eigenvalue weighted by Gasteiger charge is -2.04. The van der Waals surface area contributed by atoms with Gasteiger partial charge in [0, 0.05) is 30.5 Å². The zero-order valence-corrected chi connectivity index (χ0v) is 14.7. The standard InChI is InChI=1S/C18H18FN3O3S/c19-15-6-2-13(3-7-15)17-12-22(10-1-11-23)21-18(17)14-4-8-16(9-5-14)26(20,24)25/h2-9,12,23H,1,10-11H2,(H2,20,24,25). The molecule has 0 aliphatic heterocycles. The molecule has 0 fully saturated rings. The Morgan fingerprint density at radius 2 is 1.65 bits per heavy atom. The Morgan fingerprint density at radius 3 is 2.23 bits per heavy atom. The first-order chi connectivity index (χ1) is 12.4. The highest BCUT2D eigenvalue weighted by atomic mass is 32.2. The lowest BCUT2D eigenvalue weighted by Crippen LogP contribution is -2.11. The molecular formula is C18H18FN3O3S. The van der Waals surface area contributed by atoms with Crippen molar-refractivity contribution in [2.75, 3.05) is 6.61 Å². The van der Waals surface area contributed by atoms with Gasteiger partial charge in [0.05, 0.1) is 4.90 Å². The molecule has 3 aromatic rings. The van der Waals surface area contributed by atoms with E-state index in [2.05, 4.69) is 5.10 Å². The van der Waals surface area contributed by atoms with Crippen LogP contribution >= 0.6 is 0 Å². The molecule has 26 heavy (non-hydrogen) atoms. The molecule has 0 spiro atoms. The second-order valence-electron chi connectivity index (χ2n) is 5.81. The first kappa shape index (κ1) is 18.2. The molecule has 8 heteroatoms. The number of aryl methyl sites for hydroxylation is 1. The number of rotatable bonds is 6. The van der Waals surface area contributed by atoms with E-state index in [4.69, 9.17) is 10.2 Å². The molecule has 0 saturated carbocycles. The molecule has 3 rings (SSSR count). The van der Waals surface area contributed by atoms with Crippen LogP contribution in [0.1, 0.15) is 6.42 Å². The summed E-state index contributed by atoms with van der Waals surface area (Å²) in [5.41, 5.74) is 2.91. The fraction of sp³-hybridized carbons (Fsp3) is 0.167. The largest absolute Gasteiger partial charge is 0.396 e. The van der Waals surface area contributed by atoms with Gasteiger partial charge in [-0.25, -0.2) is 17.9 Å². The fourth-order valence-corrected chi connectivity index (χ4v) is 3.14. The van der Waals surface area contributed by atoms with E-state index in [0.29, 0.717) is 24.2 Å². The van der Waals surface area contributed by atoms with E-state index in [1.165, 1.54) is 24.3 Å². The van der Waals surface area contributed by atoms with Crippen LogP contribution in [0, 0.1) is 5.82 Å². The molecule has 0 atom stereocenters. The van der Waals surface area contributed by atoms with Crippen LogP contribution in [0.3, 0.4) is 0 Å². The summed E-state index contributed by atoms with van der Waals surface area (Å²) in [5, 5.41) is 18.7. The summed E-state index contributed by atoms with van der Waals surface area (Å²) in [7, 11) is -3.77. The summed E-state index contributed by atoms with van der Waals surface area (Å²) in [6, 6.07) is 12.2. The third kappa shape index (κ3) is 3.98. The Hall–Kier alpha value is -2.55. The minimum Gasteiger partial charge on any atom is -0.396 e. The summed E-state index contributed by atoms with van der Waals surface area (Å²) in [4.78, 5) is 0.0179. The molecule has 2 aromatic carbocycles. The number of benzene rings is 2. The summed E-state index contributed by atoms with van der Waals surface area (Å²) in [5.74, 6) is -0.333. The van der Waals surface area contributed by atoms with Crippen LogP contribution in [0.4, 0.5) is 4.39 Å². The summed E-state index contributed by atoms with van der Waals surface area (Å²) < 4.78 is 37.8. The van der Waals surface area contributed by atoms with Crippen molar-refractivity contribution >= 4 is 10.0 Å².